The topological polar surface area (TPSA) is 53.2 Å². The molecule has 5 heteroatoms. The average Bonchev–Trinajstić information content (AvgIpc) is 2.33. The van der Waals surface area contributed by atoms with Gasteiger partial charge in [0.05, 0.1) is 6.61 Å². The molecule has 96 valence electrons. The summed E-state index contributed by atoms with van der Waals surface area (Å²) in [6, 6.07) is 5.97. The van der Waals surface area contributed by atoms with Gasteiger partial charge in [-0.2, -0.15) is 0 Å². The zero-order chi connectivity index (χ0) is 11.6. The van der Waals surface area contributed by atoms with E-state index < -0.39 is 0 Å². The number of aliphatic hydroxyl groups is 1. The monoisotopic (exact) mass is 302 g/mol. The van der Waals surface area contributed by atoms with E-state index in [1.54, 1.807) is 0 Å². The minimum atomic E-state index is 0. The van der Waals surface area contributed by atoms with E-state index in [-0.39, 0.29) is 29.5 Å². The fourth-order valence-electron chi connectivity index (χ4n) is 1.45. The number of hydrogen-bond donors (Lipinski definition) is 2. The zero-order valence-electron chi connectivity index (χ0n) is 9.81. The Morgan fingerprint density at radius 3 is 2.53 bits per heavy atom. The average molecular weight is 303 g/mol. The summed E-state index contributed by atoms with van der Waals surface area (Å²) in [6.07, 6.45) is 6.44. The Balaban J connectivity index is 0.00000256. The van der Waals surface area contributed by atoms with Crippen molar-refractivity contribution >= 4 is 5.91 Å². The highest BCUT2D eigenvalue weighted by Gasteiger charge is 2.02. The molecule has 0 aliphatic rings. The summed E-state index contributed by atoms with van der Waals surface area (Å²) in [5.41, 5.74) is 0. The van der Waals surface area contributed by atoms with Crippen LogP contribution in [-0.4, -0.2) is 24.2 Å². The first kappa shape index (κ1) is 16.1. The van der Waals surface area contributed by atoms with Gasteiger partial charge in [0.25, 0.3) is 0 Å². The maximum atomic E-state index is 11.2. The molecule has 0 aromatic carbocycles. The fraction of sp³-hybridized carbons (Fsp3) is 0.500. The second-order valence-electron chi connectivity index (χ2n) is 3.64. The zero-order valence-corrected chi connectivity index (χ0v) is 11.4. The number of hydrogen-bond acceptors (Lipinski definition) is 2. The van der Waals surface area contributed by atoms with Gasteiger partial charge in [-0.1, -0.05) is 6.07 Å². The van der Waals surface area contributed by atoms with E-state index in [0.717, 1.165) is 19.4 Å². The summed E-state index contributed by atoms with van der Waals surface area (Å²) in [6.45, 7) is 1.30. The van der Waals surface area contributed by atoms with Gasteiger partial charge >= 0.3 is 0 Å². The number of unbranched alkanes of at least 4 members (excludes halogenated alkanes) is 1. The summed E-state index contributed by atoms with van der Waals surface area (Å²) >= 11 is 0. The fourth-order valence-corrected chi connectivity index (χ4v) is 1.45. The van der Waals surface area contributed by atoms with Crippen molar-refractivity contribution < 1.29 is 31.4 Å². The summed E-state index contributed by atoms with van der Waals surface area (Å²) in [7, 11) is 0. The van der Waals surface area contributed by atoms with Gasteiger partial charge in [-0.25, -0.2) is 4.57 Å². The SMILES string of the molecule is O=C(CCCC[n+]1ccccc1)NCCO.[Br-]. The van der Waals surface area contributed by atoms with Gasteiger partial charge in [-0.3, -0.25) is 4.79 Å². The third-order valence-corrected chi connectivity index (χ3v) is 2.28. The lowest BCUT2D eigenvalue weighted by atomic mass is 10.2. The van der Waals surface area contributed by atoms with Crippen LogP contribution in [0.15, 0.2) is 30.6 Å². The van der Waals surface area contributed by atoms with Crippen LogP contribution in [0.2, 0.25) is 0 Å². The number of aliphatic hydroxyl groups excluding tert-OH is 1. The van der Waals surface area contributed by atoms with Gasteiger partial charge in [0.15, 0.2) is 12.4 Å². The quantitative estimate of drug-likeness (QED) is 0.424. The third-order valence-electron chi connectivity index (χ3n) is 2.28. The molecule has 0 bridgehead atoms. The molecule has 2 N–H and O–H groups in total. The number of aryl methyl sites for hydroxylation is 1. The minimum absolute atomic E-state index is 0. The second-order valence-corrected chi connectivity index (χ2v) is 3.64. The Hall–Kier alpha value is -0.940. The van der Waals surface area contributed by atoms with Crippen molar-refractivity contribution in [2.24, 2.45) is 0 Å². The van der Waals surface area contributed by atoms with Crippen LogP contribution in [0.5, 0.6) is 0 Å². The normalized spacial score (nSPS) is 9.47. The van der Waals surface area contributed by atoms with Crippen molar-refractivity contribution in [3.8, 4) is 0 Å². The van der Waals surface area contributed by atoms with Crippen LogP contribution in [0.3, 0.4) is 0 Å². The van der Waals surface area contributed by atoms with E-state index in [1.807, 2.05) is 30.6 Å². The third kappa shape index (κ3) is 7.88. The van der Waals surface area contributed by atoms with Crippen molar-refractivity contribution in [2.75, 3.05) is 13.2 Å². The van der Waals surface area contributed by atoms with Gasteiger partial charge in [-0.15, -0.1) is 0 Å². The van der Waals surface area contributed by atoms with E-state index in [0.29, 0.717) is 13.0 Å². The van der Waals surface area contributed by atoms with Gasteiger partial charge in [0.2, 0.25) is 5.91 Å². The van der Waals surface area contributed by atoms with E-state index in [1.165, 1.54) is 0 Å². The Bertz CT molecular complexity index is 307. The smallest absolute Gasteiger partial charge is 0.220 e. The molecule has 1 amide bonds. The first-order chi connectivity index (χ1) is 7.83. The molecular formula is C12H19BrN2O2. The summed E-state index contributed by atoms with van der Waals surface area (Å²) < 4.78 is 2.10. The predicted octanol–water partition coefficient (Wildman–Crippen LogP) is -2.74. The summed E-state index contributed by atoms with van der Waals surface area (Å²) in [5.74, 6) is 0.0205. The number of nitrogens with zero attached hydrogens (tertiary/aromatic N) is 1. The molecule has 0 aliphatic heterocycles. The highest BCUT2D eigenvalue weighted by Crippen LogP contribution is 1.95. The van der Waals surface area contributed by atoms with Crippen LogP contribution in [0.4, 0.5) is 0 Å². The van der Waals surface area contributed by atoms with Gasteiger partial charge in [0.1, 0.15) is 6.54 Å². The van der Waals surface area contributed by atoms with Crippen LogP contribution in [0.25, 0.3) is 0 Å². The van der Waals surface area contributed by atoms with Gasteiger partial charge in [-0.05, 0) is 6.42 Å². The number of nitrogens with one attached hydrogen (secondary N) is 1. The van der Waals surface area contributed by atoms with Crippen molar-refractivity contribution in [1.82, 2.24) is 5.32 Å². The van der Waals surface area contributed by atoms with E-state index in [4.69, 9.17) is 5.11 Å². The molecule has 1 rings (SSSR count). The molecule has 0 atom stereocenters. The largest absolute Gasteiger partial charge is 1.00 e. The lowest BCUT2D eigenvalue weighted by Gasteiger charge is -2.01. The van der Waals surface area contributed by atoms with Crippen LogP contribution in [-0.2, 0) is 11.3 Å². The Labute approximate surface area is 112 Å². The van der Waals surface area contributed by atoms with E-state index in [9.17, 15) is 4.79 Å². The Morgan fingerprint density at radius 1 is 1.18 bits per heavy atom. The Morgan fingerprint density at radius 2 is 1.88 bits per heavy atom. The number of aromatic nitrogens is 1. The summed E-state index contributed by atoms with van der Waals surface area (Å²) in [5, 5.41) is 11.2. The van der Waals surface area contributed by atoms with Crippen LogP contribution >= 0.6 is 0 Å². The molecule has 0 spiro atoms. The molecular weight excluding hydrogens is 284 g/mol. The number of amides is 1. The molecule has 1 aromatic rings. The van der Waals surface area contributed by atoms with Crippen LogP contribution in [0, 0.1) is 0 Å². The maximum absolute atomic E-state index is 11.2. The van der Waals surface area contributed by atoms with Crippen LogP contribution in [0.1, 0.15) is 19.3 Å². The van der Waals surface area contributed by atoms with Crippen molar-refractivity contribution in [3.05, 3.63) is 30.6 Å². The van der Waals surface area contributed by atoms with Crippen molar-refractivity contribution in [2.45, 2.75) is 25.8 Å². The molecule has 0 saturated heterocycles. The summed E-state index contributed by atoms with van der Waals surface area (Å²) in [4.78, 5) is 11.2. The second kappa shape index (κ2) is 10.2. The predicted molar refractivity (Wildman–Crippen MR) is 60.6 cm³/mol. The van der Waals surface area contributed by atoms with Crippen molar-refractivity contribution in [1.29, 1.82) is 0 Å². The van der Waals surface area contributed by atoms with Gasteiger partial charge in [0, 0.05) is 31.5 Å². The molecule has 0 aliphatic carbocycles. The van der Waals surface area contributed by atoms with Crippen molar-refractivity contribution in [3.63, 3.8) is 0 Å². The molecule has 17 heavy (non-hydrogen) atoms. The van der Waals surface area contributed by atoms with E-state index >= 15 is 0 Å². The molecule has 0 saturated carbocycles. The number of carbonyl (C=O) groups is 1. The molecule has 0 radical (unpaired) electrons. The number of rotatable bonds is 7. The highest BCUT2D eigenvalue weighted by molar-refractivity contribution is 5.75. The number of pyridine rings is 1. The highest BCUT2D eigenvalue weighted by atomic mass is 79.9. The van der Waals surface area contributed by atoms with E-state index in [2.05, 4.69) is 9.88 Å². The lowest BCUT2D eigenvalue weighted by molar-refractivity contribution is -0.697. The first-order valence-corrected chi connectivity index (χ1v) is 5.64. The molecule has 0 fully saturated rings. The maximum Gasteiger partial charge on any atom is 0.220 e. The number of halogens is 1. The first-order valence-electron chi connectivity index (χ1n) is 5.64. The molecule has 4 nitrogen and oxygen atoms in total. The van der Waals surface area contributed by atoms with Gasteiger partial charge < -0.3 is 27.4 Å². The lowest BCUT2D eigenvalue weighted by Crippen LogP contribution is -3.00. The standard InChI is InChI=1S/C12H18N2O2.BrH/c15-11-7-13-12(16)6-2-5-10-14-8-3-1-4-9-14;/h1,3-4,8-9,15H,2,5-7,10-11H2;1H. The Kier molecular flexibility index (Phi) is 9.66. The molecule has 1 aromatic heterocycles. The molecule has 0 unspecified atom stereocenters. The molecule has 1 heterocycles. The van der Waals surface area contributed by atoms with Crippen LogP contribution < -0.4 is 26.9 Å². The minimum Gasteiger partial charge on any atom is -1.00 e. The number of carbonyl (C=O) groups excluding carboxylic acids is 1.